The number of hydrogen-bond acceptors (Lipinski definition) is 6. The van der Waals surface area contributed by atoms with E-state index in [2.05, 4.69) is 10.1 Å². The van der Waals surface area contributed by atoms with E-state index >= 15 is 0 Å². The number of nitrogen functional groups attached to an aromatic ring is 1. The van der Waals surface area contributed by atoms with Crippen LogP contribution in [0.25, 0.3) is 21.7 Å². The van der Waals surface area contributed by atoms with Crippen LogP contribution in [-0.4, -0.2) is 10.1 Å². The number of thiazole rings is 1. The van der Waals surface area contributed by atoms with Crippen LogP contribution in [0, 0.1) is 13.8 Å². The number of rotatable bonds is 1. The predicted octanol–water partition coefficient (Wildman–Crippen LogP) is 3.21. The fourth-order valence-corrected chi connectivity index (χ4v) is 3.16. The average Bonchev–Trinajstić information content (AvgIpc) is 2.88. The third-order valence-electron chi connectivity index (χ3n) is 2.50. The van der Waals surface area contributed by atoms with E-state index < -0.39 is 0 Å². The van der Waals surface area contributed by atoms with Crippen molar-refractivity contribution in [2.75, 3.05) is 5.73 Å². The molecule has 3 heterocycles. The van der Waals surface area contributed by atoms with E-state index in [0.29, 0.717) is 11.3 Å². The summed E-state index contributed by atoms with van der Waals surface area (Å²) >= 11 is 3.21. The van der Waals surface area contributed by atoms with Crippen LogP contribution in [0.2, 0.25) is 0 Å². The topological polar surface area (TPSA) is 64.9 Å². The lowest BCUT2D eigenvalue weighted by Crippen LogP contribution is -1.81. The number of hydrogen-bond donors (Lipinski definition) is 1. The second-order valence-electron chi connectivity index (χ2n) is 3.52. The van der Waals surface area contributed by atoms with E-state index in [-0.39, 0.29) is 0 Å². The van der Waals surface area contributed by atoms with Crippen molar-refractivity contribution >= 4 is 38.6 Å². The van der Waals surface area contributed by atoms with E-state index in [9.17, 15) is 0 Å². The van der Waals surface area contributed by atoms with Crippen LogP contribution in [0.3, 0.4) is 0 Å². The highest BCUT2D eigenvalue weighted by Gasteiger charge is 2.19. The van der Waals surface area contributed by atoms with Gasteiger partial charge in [-0.1, -0.05) is 5.16 Å². The Balaban J connectivity index is 2.33. The van der Waals surface area contributed by atoms with Crippen LogP contribution >= 0.6 is 22.7 Å². The Morgan fingerprint density at radius 3 is 2.75 bits per heavy atom. The minimum absolute atomic E-state index is 0.685. The number of nitrogens with zero attached hydrogens (tertiary/aromatic N) is 2. The number of thiophene rings is 1. The monoisotopic (exact) mass is 251 g/mol. The molecule has 0 spiro atoms. The summed E-state index contributed by atoms with van der Waals surface area (Å²) in [4.78, 5) is 6.51. The number of aryl methyl sites for hydroxylation is 2. The molecule has 0 aromatic carbocycles. The van der Waals surface area contributed by atoms with Gasteiger partial charge in [0.2, 0.25) is 5.58 Å². The van der Waals surface area contributed by atoms with Gasteiger partial charge in [-0.2, -0.15) is 0 Å². The average molecular weight is 251 g/mol. The quantitative estimate of drug-likeness (QED) is 0.721. The molecule has 0 atom stereocenters. The third-order valence-corrected chi connectivity index (χ3v) is 4.36. The summed E-state index contributed by atoms with van der Waals surface area (Å²) in [6, 6.07) is 0. The molecular formula is C10H9N3OS2. The molecule has 0 unspecified atom stereocenters. The van der Waals surface area contributed by atoms with Crippen LogP contribution in [0.15, 0.2) is 10.0 Å². The second-order valence-corrected chi connectivity index (χ2v) is 5.80. The van der Waals surface area contributed by atoms with Gasteiger partial charge in [0, 0.05) is 9.75 Å². The minimum atomic E-state index is 0.685. The Labute approximate surface area is 99.7 Å². The molecule has 16 heavy (non-hydrogen) atoms. The Hall–Kier alpha value is -1.40. The van der Waals surface area contributed by atoms with Gasteiger partial charge in [0.1, 0.15) is 10.4 Å². The molecule has 0 aliphatic carbocycles. The smallest absolute Gasteiger partial charge is 0.201 e. The Morgan fingerprint density at radius 1 is 1.25 bits per heavy atom. The molecular weight excluding hydrogens is 242 g/mol. The molecule has 3 rings (SSSR count). The van der Waals surface area contributed by atoms with Crippen molar-refractivity contribution in [2.24, 2.45) is 0 Å². The predicted molar refractivity (Wildman–Crippen MR) is 66.9 cm³/mol. The Kier molecular flexibility index (Phi) is 2.02. The third kappa shape index (κ3) is 1.20. The first-order chi connectivity index (χ1) is 7.68. The standard InChI is InChI=1S/C10H9N3OS2/c1-4-6(11)9-10(16-4)8(13-14-9)7-5(2)15-3-12-7/h3H,11H2,1-2H3. The van der Waals surface area contributed by atoms with Crippen molar-refractivity contribution in [3.05, 3.63) is 15.3 Å². The van der Waals surface area contributed by atoms with Gasteiger partial charge in [0.15, 0.2) is 5.69 Å². The van der Waals surface area contributed by atoms with E-state index in [4.69, 9.17) is 10.3 Å². The summed E-state index contributed by atoms with van der Waals surface area (Å²) in [5.74, 6) is 0. The maximum atomic E-state index is 5.90. The van der Waals surface area contributed by atoms with Crippen molar-refractivity contribution in [1.82, 2.24) is 10.1 Å². The summed E-state index contributed by atoms with van der Waals surface area (Å²) in [6.07, 6.45) is 0. The highest BCUT2D eigenvalue weighted by molar-refractivity contribution is 7.20. The molecule has 2 N–H and O–H groups in total. The van der Waals surface area contributed by atoms with Gasteiger partial charge in [0.05, 0.1) is 11.2 Å². The molecule has 0 radical (unpaired) electrons. The maximum absolute atomic E-state index is 5.90. The molecule has 82 valence electrons. The molecule has 0 bridgehead atoms. The van der Waals surface area contributed by atoms with Crippen LogP contribution in [-0.2, 0) is 0 Å². The molecule has 0 aliphatic rings. The molecule has 0 fully saturated rings. The van der Waals surface area contributed by atoms with Gasteiger partial charge in [-0.05, 0) is 13.8 Å². The molecule has 0 amide bonds. The highest BCUT2D eigenvalue weighted by atomic mass is 32.1. The van der Waals surface area contributed by atoms with Crippen molar-refractivity contribution in [3.63, 3.8) is 0 Å². The largest absolute Gasteiger partial charge is 0.395 e. The fraction of sp³-hybridized carbons (Fsp3) is 0.200. The lowest BCUT2D eigenvalue weighted by Gasteiger charge is -1.90. The van der Waals surface area contributed by atoms with Crippen molar-refractivity contribution in [3.8, 4) is 11.4 Å². The first kappa shape index (κ1) is 9.80. The lowest BCUT2D eigenvalue weighted by molar-refractivity contribution is 0.460. The molecule has 6 heteroatoms. The van der Waals surface area contributed by atoms with Crippen molar-refractivity contribution in [1.29, 1.82) is 0 Å². The zero-order valence-corrected chi connectivity index (χ0v) is 10.4. The van der Waals surface area contributed by atoms with E-state index in [1.807, 2.05) is 19.4 Å². The lowest BCUT2D eigenvalue weighted by atomic mass is 10.2. The summed E-state index contributed by atoms with van der Waals surface area (Å²) < 4.78 is 6.27. The van der Waals surface area contributed by atoms with Crippen LogP contribution in [0.4, 0.5) is 5.69 Å². The maximum Gasteiger partial charge on any atom is 0.201 e. The molecule has 3 aromatic heterocycles. The van der Waals surface area contributed by atoms with Crippen LogP contribution < -0.4 is 5.73 Å². The summed E-state index contributed by atoms with van der Waals surface area (Å²) in [5.41, 5.74) is 10.8. The Morgan fingerprint density at radius 2 is 2.06 bits per heavy atom. The van der Waals surface area contributed by atoms with Gasteiger partial charge < -0.3 is 10.3 Å². The highest BCUT2D eigenvalue weighted by Crippen LogP contribution is 2.39. The van der Waals surface area contributed by atoms with E-state index in [0.717, 1.165) is 25.8 Å². The normalized spacial score (nSPS) is 11.4. The van der Waals surface area contributed by atoms with Gasteiger partial charge in [0.25, 0.3) is 0 Å². The molecule has 4 nitrogen and oxygen atoms in total. The summed E-state index contributed by atoms with van der Waals surface area (Å²) in [6.45, 7) is 4.00. The van der Waals surface area contributed by atoms with Gasteiger partial charge in [-0.3, -0.25) is 0 Å². The second kappa shape index (κ2) is 3.29. The van der Waals surface area contributed by atoms with Crippen molar-refractivity contribution < 1.29 is 4.52 Å². The number of fused-ring (bicyclic) bond motifs is 1. The van der Waals surface area contributed by atoms with Gasteiger partial charge in [-0.25, -0.2) is 4.98 Å². The summed E-state index contributed by atoms with van der Waals surface area (Å²) in [7, 11) is 0. The number of anilines is 1. The molecule has 0 saturated heterocycles. The number of aromatic nitrogens is 2. The number of nitrogens with two attached hydrogens (primary N) is 1. The van der Waals surface area contributed by atoms with Crippen molar-refractivity contribution in [2.45, 2.75) is 13.8 Å². The van der Waals surface area contributed by atoms with Crippen LogP contribution in [0.5, 0.6) is 0 Å². The summed E-state index contributed by atoms with van der Waals surface area (Å²) in [5, 5.41) is 4.06. The SMILES string of the molecule is Cc1scnc1-c1noc2c(N)c(C)sc12. The zero-order valence-electron chi connectivity index (χ0n) is 8.77. The first-order valence-corrected chi connectivity index (χ1v) is 6.43. The minimum Gasteiger partial charge on any atom is -0.395 e. The zero-order chi connectivity index (χ0) is 11.3. The van der Waals surface area contributed by atoms with E-state index in [1.165, 1.54) is 0 Å². The first-order valence-electron chi connectivity index (χ1n) is 4.73. The molecule has 0 aliphatic heterocycles. The Bertz CT molecular complexity index is 665. The molecule has 3 aromatic rings. The van der Waals surface area contributed by atoms with Gasteiger partial charge >= 0.3 is 0 Å². The van der Waals surface area contributed by atoms with E-state index in [1.54, 1.807) is 22.7 Å². The van der Waals surface area contributed by atoms with Crippen LogP contribution in [0.1, 0.15) is 9.75 Å². The fourth-order valence-electron chi connectivity index (χ4n) is 1.60. The molecule has 0 saturated carbocycles. The van der Waals surface area contributed by atoms with Gasteiger partial charge in [-0.15, -0.1) is 22.7 Å².